The van der Waals surface area contributed by atoms with Crippen LogP contribution in [-0.2, 0) is 16.1 Å². The number of hydrogen-bond donors (Lipinski definition) is 2. The van der Waals surface area contributed by atoms with Gasteiger partial charge in [0, 0.05) is 17.8 Å². The van der Waals surface area contributed by atoms with Crippen LogP contribution >= 0.6 is 0 Å². The summed E-state index contributed by atoms with van der Waals surface area (Å²) in [6.45, 7) is -0.349. The molecule has 126 valence electrons. The largest absolute Gasteiger partial charge is 0.345 e. The molecule has 0 atom stereocenters. The number of hydrogen-bond acceptors (Lipinski definition) is 4. The Hall–Kier alpha value is -3.48. The van der Waals surface area contributed by atoms with Gasteiger partial charge in [0.1, 0.15) is 12.4 Å². The lowest BCUT2D eigenvalue weighted by molar-refractivity contribution is -0.124. The van der Waals surface area contributed by atoms with E-state index in [1.165, 1.54) is 4.57 Å². The Morgan fingerprint density at radius 2 is 1.80 bits per heavy atom. The van der Waals surface area contributed by atoms with Crippen molar-refractivity contribution in [1.29, 1.82) is 0 Å². The Labute approximate surface area is 143 Å². The number of nitrogens with zero attached hydrogens (tertiary/aromatic N) is 2. The highest BCUT2D eigenvalue weighted by atomic mass is 16.2. The van der Waals surface area contributed by atoms with E-state index < -0.39 is 11.8 Å². The van der Waals surface area contributed by atoms with E-state index in [4.69, 9.17) is 0 Å². The van der Waals surface area contributed by atoms with Crippen LogP contribution in [0.2, 0.25) is 0 Å². The van der Waals surface area contributed by atoms with E-state index in [9.17, 15) is 14.4 Å². The lowest BCUT2D eigenvalue weighted by Crippen LogP contribution is -2.37. The Morgan fingerprint density at radius 1 is 1.00 bits per heavy atom. The molecule has 0 aliphatic carbocycles. The van der Waals surface area contributed by atoms with Crippen LogP contribution in [0.15, 0.2) is 65.7 Å². The Balaban J connectivity index is 1.59. The van der Waals surface area contributed by atoms with Gasteiger partial charge in [-0.3, -0.25) is 14.4 Å². The molecule has 0 unspecified atom stereocenters. The molecule has 3 aromatic rings. The SMILES string of the molecule is O=C(Cn1ccc2ccccc2c1=O)NCC(=O)Nc1ccccn1. The smallest absolute Gasteiger partial charge is 0.258 e. The summed E-state index contributed by atoms with van der Waals surface area (Å²) in [4.78, 5) is 40.1. The summed E-state index contributed by atoms with van der Waals surface area (Å²) in [7, 11) is 0. The number of carbonyl (C=O) groups is 2. The number of benzene rings is 1. The van der Waals surface area contributed by atoms with E-state index in [0.29, 0.717) is 11.2 Å². The standard InChI is InChI=1S/C18H16N4O3/c23-16(21-15-7-3-4-9-19-15)11-20-17(24)12-22-10-8-13-5-1-2-6-14(13)18(22)25/h1-10H,11-12H2,(H,20,24)(H,19,21,23). The van der Waals surface area contributed by atoms with Gasteiger partial charge in [-0.1, -0.05) is 24.3 Å². The van der Waals surface area contributed by atoms with Gasteiger partial charge in [0.25, 0.3) is 5.56 Å². The van der Waals surface area contributed by atoms with Gasteiger partial charge < -0.3 is 15.2 Å². The second kappa shape index (κ2) is 7.39. The molecule has 1 aromatic carbocycles. The van der Waals surface area contributed by atoms with Crippen molar-refractivity contribution in [2.75, 3.05) is 11.9 Å². The quantitative estimate of drug-likeness (QED) is 0.731. The van der Waals surface area contributed by atoms with Crippen LogP contribution in [0, 0.1) is 0 Å². The van der Waals surface area contributed by atoms with Crippen molar-refractivity contribution in [1.82, 2.24) is 14.9 Å². The lowest BCUT2D eigenvalue weighted by Gasteiger charge is -2.08. The van der Waals surface area contributed by atoms with Crippen LogP contribution in [0.3, 0.4) is 0 Å². The molecule has 2 N–H and O–H groups in total. The number of aromatic nitrogens is 2. The zero-order valence-corrected chi connectivity index (χ0v) is 13.3. The van der Waals surface area contributed by atoms with Gasteiger partial charge in [-0.05, 0) is 29.7 Å². The predicted octanol–water partition coefficient (Wildman–Crippen LogP) is 1.15. The van der Waals surface area contributed by atoms with Crippen LogP contribution in [-0.4, -0.2) is 27.9 Å². The van der Waals surface area contributed by atoms with Gasteiger partial charge in [-0.2, -0.15) is 0 Å². The van der Waals surface area contributed by atoms with Gasteiger partial charge >= 0.3 is 0 Å². The first-order chi connectivity index (χ1) is 12.1. The maximum Gasteiger partial charge on any atom is 0.258 e. The van der Waals surface area contributed by atoms with E-state index in [1.807, 2.05) is 12.1 Å². The van der Waals surface area contributed by atoms with Crippen molar-refractivity contribution in [2.45, 2.75) is 6.54 Å². The molecule has 25 heavy (non-hydrogen) atoms. The average Bonchev–Trinajstić information content (AvgIpc) is 2.63. The van der Waals surface area contributed by atoms with E-state index in [0.717, 1.165) is 5.39 Å². The summed E-state index contributed by atoms with van der Waals surface area (Å²) in [6, 6.07) is 14.1. The third kappa shape index (κ3) is 4.08. The topological polar surface area (TPSA) is 93.1 Å². The summed E-state index contributed by atoms with van der Waals surface area (Å²) >= 11 is 0. The van der Waals surface area contributed by atoms with Crippen LogP contribution in [0.1, 0.15) is 0 Å². The Bertz CT molecular complexity index is 967. The predicted molar refractivity (Wildman–Crippen MR) is 94.1 cm³/mol. The molecule has 0 spiro atoms. The summed E-state index contributed by atoms with van der Waals surface area (Å²) in [5.41, 5.74) is -0.244. The minimum atomic E-state index is -0.423. The monoisotopic (exact) mass is 336 g/mol. The van der Waals surface area contributed by atoms with Crippen LogP contribution in [0.4, 0.5) is 5.82 Å². The van der Waals surface area contributed by atoms with Crippen molar-refractivity contribution in [3.05, 3.63) is 71.3 Å². The minimum Gasteiger partial charge on any atom is -0.345 e. The summed E-state index contributed by atoms with van der Waals surface area (Å²) in [6.07, 6.45) is 3.12. The third-order valence-corrected chi connectivity index (χ3v) is 3.58. The summed E-state index contributed by atoms with van der Waals surface area (Å²) in [5, 5.41) is 6.42. The van der Waals surface area contributed by atoms with E-state index >= 15 is 0 Å². The molecule has 0 bridgehead atoms. The average molecular weight is 336 g/mol. The number of carbonyl (C=O) groups excluding carboxylic acids is 2. The second-order valence-corrected chi connectivity index (χ2v) is 5.38. The fourth-order valence-electron chi connectivity index (χ4n) is 2.37. The molecule has 7 heteroatoms. The number of anilines is 1. The molecule has 0 aliphatic heterocycles. The molecule has 3 rings (SSSR count). The maximum atomic E-state index is 12.3. The molecular formula is C18H16N4O3. The van der Waals surface area contributed by atoms with Crippen LogP contribution < -0.4 is 16.2 Å². The third-order valence-electron chi connectivity index (χ3n) is 3.58. The van der Waals surface area contributed by atoms with Crippen LogP contribution in [0.25, 0.3) is 10.8 Å². The van der Waals surface area contributed by atoms with Crippen molar-refractivity contribution in [2.24, 2.45) is 0 Å². The fraction of sp³-hybridized carbons (Fsp3) is 0.111. The summed E-state index contributed by atoms with van der Waals surface area (Å²) in [5.74, 6) is -0.404. The Morgan fingerprint density at radius 3 is 2.60 bits per heavy atom. The van der Waals surface area contributed by atoms with Crippen molar-refractivity contribution in [3.8, 4) is 0 Å². The first-order valence-electron chi connectivity index (χ1n) is 7.69. The van der Waals surface area contributed by atoms with Gasteiger partial charge in [-0.25, -0.2) is 4.98 Å². The van der Waals surface area contributed by atoms with Gasteiger partial charge in [0.05, 0.1) is 6.54 Å². The van der Waals surface area contributed by atoms with Crippen molar-refractivity contribution in [3.63, 3.8) is 0 Å². The number of nitrogens with one attached hydrogen (secondary N) is 2. The van der Waals surface area contributed by atoms with E-state index in [-0.39, 0.29) is 18.6 Å². The fourth-order valence-corrected chi connectivity index (χ4v) is 2.37. The van der Waals surface area contributed by atoms with Gasteiger partial charge in [0.2, 0.25) is 11.8 Å². The second-order valence-electron chi connectivity index (χ2n) is 5.38. The first-order valence-corrected chi connectivity index (χ1v) is 7.69. The maximum absolute atomic E-state index is 12.3. The molecule has 7 nitrogen and oxygen atoms in total. The number of pyridine rings is 2. The van der Waals surface area contributed by atoms with E-state index in [2.05, 4.69) is 15.6 Å². The molecule has 2 amide bonds. The zero-order valence-electron chi connectivity index (χ0n) is 13.3. The lowest BCUT2D eigenvalue weighted by atomic mass is 10.2. The van der Waals surface area contributed by atoms with Crippen LogP contribution in [0.5, 0.6) is 0 Å². The highest BCUT2D eigenvalue weighted by Gasteiger charge is 2.09. The Kier molecular flexibility index (Phi) is 4.84. The molecule has 0 saturated heterocycles. The first kappa shape index (κ1) is 16.4. The number of fused-ring (bicyclic) bond motifs is 1. The molecule has 0 saturated carbocycles. The zero-order chi connectivity index (χ0) is 17.6. The minimum absolute atomic E-state index is 0.152. The molecule has 0 aliphatic rings. The van der Waals surface area contributed by atoms with Crippen molar-refractivity contribution < 1.29 is 9.59 Å². The van der Waals surface area contributed by atoms with Gasteiger partial charge in [0.15, 0.2) is 0 Å². The highest BCUT2D eigenvalue weighted by molar-refractivity contribution is 5.93. The molecule has 0 fully saturated rings. The highest BCUT2D eigenvalue weighted by Crippen LogP contribution is 2.07. The van der Waals surface area contributed by atoms with Crippen molar-refractivity contribution >= 4 is 28.4 Å². The van der Waals surface area contributed by atoms with E-state index in [1.54, 1.807) is 48.8 Å². The molecular weight excluding hydrogens is 320 g/mol. The number of amides is 2. The number of rotatable bonds is 5. The molecule has 2 heterocycles. The van der Waals surface area contributed by atoms with Gasteiger partial charge in [-0.15, -0.1) is 0 Å². The summed E-state index contributed by atoms with van der Waals surface area (Å²) < 4.78 is 1.31. The normalized spacial score (nSPS) is 10.4. The molecule has 2 aromatic heterocycles. The molecule has 0 radical (unpaired) electrons.